The number of alkyl halides is 8. The Morgan fingerprint density at radius 1 is 0.833 bits per heavy atom. The molecule has 12 heteroatoms. The maximum Gasteiger partial charge on any atom is 0.381 e. The molecule has 0 aliphatic rings. The van der Waals surface area contributed by atoms with Crippen LogP contribution >= 0.6 is 0 Å². The zero-order chi connectivity index (χ0) is 22.2. The van der Waals surface area contributed by atoms with Crippen LogP contribution in [-0.2, 0) is 6.54 Å². The number of fused-ring (bicyclic) bond motifs is 1. The van der Waals surface area contributed by atoms with Crippen molar-refractivity contribution in [1.82, 2.24) is 20.3 Å². The topological polar surface area (TPSA) is 42.7 Å². The van der Waals surface area contributed by atoms with Crippen molar-refractivity contribution in [1.29, 1.82) is 0 Å². The number of para-hydroxylation sites is 1. The van der Waals surface area contributed by atoms with Gasteiger partial charge in [-0.25, -0.2) is 13.5 Å². The Balaban J connectivity index is 2.08. The summed E-state index contributed by atoms with van der Waals surface area (Å²) in [5.41, 5.74) is 0.189. The van der Waals surface area contributed by atoms with Crippen molar-refractivity contribution in [3.05, 3.63) is 60.2 Å². The van der Waals surface area contributed by atoms with Crippen LogP contribution in [0.4, 0.5) is 35.1 Å². The first kappa shape index (κ1) is 21.9. The molecule has 4 nitrogen and oxygen atoms in total. The number of rotatable bonds is 8. The molecule has 0 amide bonds. The minimum absolute atomic E-state index is 0.0174. The van der Waals surface area contributed by atoms with Gasteiger partial charge in [-0.15, -0.1) is 5.10 Å². The summed E-state index contributed by atoms with van der Waals surface area (Å²) in [6, 6.07) is 13.0. The molecule has 1 atom stereocenters. The first-order valence-electron chi connectivity index (χ1n) is 8.49. The van der Waals surface area contributed by atoms with E-state index < -0.39 is 36.9 Å². The van der Waals surface area contributed by atoms with Crippen molar-refractivity contribution >= 4 is 11.0 Å². The summed E-state index contributed by atoms with van der Waals surface area (Å²) in [6.45, 7) is -0.467. The standard InChI is InChI=1S/C18H14F8N4/c19-14(20)16(21,22)18(25,26)17(23,24)15(27-10-11-6-2-1-3-7-11)30-13-9-5-4-8-12(13)28-29-30/h1-9,14-15,27H,10H2. The third-order valence-corrected chi connectivity index (χ3v) is 4.42. The van der Waals surface area contributed by atoms with Gasteiger partial charge in [0.1, 0.15) is 5.52 Å². The Labute approximate surface area is 164 Å². The summed E-state index contributed by atoms with van der Waals surface area (Å²) in [6.07, 6.45) is -7.93. The van der Waals surface area contributed by atoms with Crippen LogP contribution in [0, 0.1) is 0 Å². The summed E-state index contributed by atoms with van der Waals surface area (Å²) in [4.78, 5) is 0. The van der Waals surface area contributed by atoms with E-state index in [0.717, 1.165) is 0 Å². The van der Waals surface area contributed by atoms with Crippen LogP contribution in [0.15, 0.2) is 54.6 Å². The van der Waals surface area contributed by atoms with Crippen LogP contribution in [0.5, 0.6) is 0 Å². The van der Waals surface area contributed by atoms with E-state index in [9.17, 15) is 35.1 Å². The number of hydrogen-bond donors (Lipinski definition) is 1. The van der Waals surface area contributed by atoms with E-state index in [-0.39, 0.29) is 15.7 Å². The van der Waals surface area contributed by atoms with E-state index in [4.69, 9.17) is 0 Å². The Morgan fingerprint density at radius 3 is 2.07 bits per heavy atom. The van der Waals surface area contributed by atoms with E-state index in [2.05, 4.69) is 10.3 Å². The second-order valence-corrected chi connectivity index (χ2v) is 6.41. The minimum atomic E-state index is -6.41. The Hall–Kier alpha value is -2.76. The highest BCUT2D eigenvalue weighted by Gasteiger charge is 2.78. The third kappa shape index (κ3) is 3.59. The highest BCUT2D eigenvalue weighted by Crippen LogP contribution is 2.52. The molecule has 0 fully saturated rings. The highest BCUT2D eigenvalue weighted by atomic mass is 19.4. The molecule has 0 aliphatic heterocycles. The molecule has 0 spiro atoms. The second kappa shape index (κ2) is 7.82. The largest absolute Gasteiger partial charge is 0.381 e. The lowest BCUT2D eigenvalue weighted by atomic mass is 10.0. The quantitative estimate of drug-likeness (QED) is 0.510. The lowest BCUT2D eigenvalue weighted by Crippen LogP contribution is -2.62. The van der Waals surface area contributed by atoms with Crippen molar-refractivity contribution in [2.24, 2.45) is 0 Å². The van der Waals surface area contributed by atoms with Crippen molar-refractivity contribution < 1.29 is 35.1 Å². The van der Waals surface area contributed by atoms with Gasteiger partial charge in [0, 0.05) is 6.54 Å². The van der Waals surface area contributed by atoms with E-state index in [1.807, 2.05) is 5.32 Å². The fraction of sp³-hybridized carbons (Fsp3) is 0.333. The van der Waals surface area contributed by atoms with E-state index >= 15 is 0 Å². The molecule has 3 aromatic rings. The first-order chi connectivity index (χ1) is 14.0. The number of halogens is 8. The van der Waals surface area contributed by atoms with Gasteiger partial charge in [-0.3, -0.25) is 5.32 Å². The Bertz CT molecular complexity index is 990. The summed E-state index contributed by atoms with van der Waals surface area (Å²) in [7, 11) is 0. The van der Waals surface area contributed by atoms with Gasteiger partial charge in [0.25, 0.3) is 0 Å². The van der Waals surface area contributed by atoms with Crippen LogP contribution < -0.4 is 5.32 Å². The zero-order valence-corrected chi connectivity index (χ0v) is 14.9. The molecule has 3 rings (SSSR count). The number of nitrogens with zero attached hydrogens (tertiary/aromatic N) is 3. The molecule has 1 heterocycles. The molecule has 1 N–H and O–H groups in total. The molecule has 0 saturated heterocycles. The van der Waals surface area contributed by atoms with Gasteiger partial charge in [0.2, 0.25) is 0 Å². The molecule has 1 aromatic heterocycles. The van der Waals surface area contributed by atoms with E-state index in [1.165, 1.54) is 48.5 Å². The predicted octanol–water partition coefficient (Wildman–Crippen LogP) is 4.89. The third-order valence-electron chi connectivity index (χ3n) is 4.42. The lowest BCUT2D eigenvalue weighted by molar-refractivity contribution is -0.350. The van der Waals surface area contributed by atoms with Crippen LogP contribution in [0.1, 0.15) is 11.7 Å². The summed E-state index contributed by atoms with van der Waals surface area (Å²) in [5, 5.41) is 8.96. The molecule has 2 aromatic carbocycles. The summed E-state index contributed by atoms with van der Waals surface area (Å²) in [5.74, 6) is -18.4. The normalized spacial score (nSPS) is 14.4. The van der Waals surface area contributed by atoms with Gasteiger partial charge in [-0.05, 0) is 17.7 Å². The molecule has 1 unspecified atom stereocenters. The zero-order valence-electron chi connectivity index (χ0n) is 14.9. The first-order valence-corrected chi connectivity index (χ1v) is 8.49. The van der Waals surface area contributed by atoms with Crippen molar-refractivity contribution in [2.45, 2.75) is 36.9 Å². The van der Waals surface area contributed by atoms with Crippen LogP contribution in [-0.4, -0.2) is 39.2 Å². The molecule has 162 valence electrons. The maximum absolute atomic E-state index is 14.8. The van der Waals surface area contributed by atoms with Gasteiger partial charge in [-0.2, -0.15) is 26.3 Å². The van der Waals surface area contributed by atoms with Crippen molar-refractivity contribution in [2.75, 3.05) is 0 Å². The van der Waals surface area contributed by atoms with Crippen molar-refractivity contribution in [3.63, 3.8) is 0 Å². The smallest absolute Gasteiger partial charge is 0.286 e. The van der Waals surface area contributed by atoms with E-state index in [1.54, 1.807) is 6.07 Å². The molecular formula is C18H14F8N4. The maximum atomic E-state index is 14.8. The monoisotopic (exact) mass is 438 g/mol. The average Bonchev–Trinajstić information content (AvgIpc) is 3.12. The van der Waals surface area contributed by atoms with Crippen LogP contribution in [0.2, 0.25) is 0 Å². The summed E-state index contributed by atoms with van der Waals surface area (Å²) < 4.78 is 110. The molecule has 0 aliphatic carbocycles. The Morgan fingerprint density at radius 2 is 1.43 bits per heavy atom. The SMILES string of the molecule is FC(F)C(F)(F)C(F)(F)C(F)(F)C(NCc1ccccc1)n1nnc2ccccc21. The number of hydrogen-bond acceptors (Lipinski definition) is 3. The minimum Gasteiger partial charge on any atom is -0.286 e. The van der Waals surface area contributed by atoms with Crippen LogP contribution in [0.3, 0.4) is 0 Å². The Kier molecular flexibility index (Phi) is 5.72. The molecule has 30 heavy (non-hydrogen) atoms. The molecule has 0 saturated carbocycles. The molecular weight excluding hydrogens is 424 g/mol. The number of nitrogens with one attached hydrogen (secondary N) is 1. The molecule has 0 bridgehead atoms. The van der Waals surface area contributed by atoms with E-state index in [0.29, 0.717) is 5.56 Å². The number of aromatic nitrogens is 3. The predicted molar refractivity (Wildman–Crippen MR) is 90.7 cm³/mol. The fourth-order valence-corrected chi connectivity index (χ4v) is 2.79. The van der Waals surface area contributed by atoms with Gasteiger partial charge >= 0.3 is 24.2 Å². The van der Waals surface area contributed by atoms with Gasteiger partial charge in [0.05, 0.1) is 5.52 Å². The molecule has 0 radical (unpaired) electrons. The highest BCUT2D eigenvalue weighted by molar-refractivity contribution is 5.74. The number of benzene rings is 2. The van der Waals surface area contributed by atoms with Crippen molar-refractivity contribution in [3.8, 4) is 0 Å². The summed E-state index contributed by atoms with van der Waals surface area (Å²) >= 11 is 0. The second-order valence-electron chi connectivity index (χ2n) is 6.41. The van der Waals surface area contributed by atoms with Gasteiger partial charge in [0.15, 0.2) is 6.17 Å². The lowest BCUT2D eigenvalue weighted by Gasteiger charge is -2.37. The van der Waals surface area contributed by atoms with Gasteiger partial charge < -0.3 is 0 Å². The average molecular weight is 438 g/mol. The fourth-order valence-electron chi connectivity index (χ4n) is 2.79. The van der Waals surface area contributed by atoms with Gasteiger partial charge in [-0.1, -0.05) is 47.7 Å². The van der Waals surface area contributed by atoms with Crippen LogP contribution in [0.25, 0.3) is 11.0 Å².